The summed E-state index contributed by atoms with van der Waals surface area (Å²) in [6, 6.07) is 5.33. The van der Waals surface area contributed by atoms with Crippen LogP contribution in [0.1, 0.15) is 0 Å². The Kier molecular flexibility index (Phi) is 3.40. The highest BCUT2D eigenvalue weighted by Gasteiger charge is 2.15. The van der Waals surface area contributed by atoms with Gasteiger partial charge in [0.25, 0.3) is 10.1 Å². The molecule has 1 rings (SSSR count). The van der Waals surface area contributed by atoms with Crippen molar-refractivity contribution in [3.8, 4) is 0 Å². The summed E-state index contributed by atoms with van der Waals surface area (Å²) < 4.78 is 30.5. The number of rotatable bonds is 3. The van der Waals surface area contributed by atoms with Gasteiger partial charge in [0, 0.05) is 0 Å². The van der Waals surface area contributed by atoms with Crippen LogP contribution in [0.15, 0.2) is 29.2 Å². The molecule has 1 aromatic carbocycles. The number of benzene rings is 1. The minimum absolute atomic E-state index is 0.0703. The van der Waals surface area contributed by atoms with Crippen molar-refractivity contribution in [1.82, 2.24) is 0 Å². The maximum Gasteiger partial charge on any atom is 0.296 e. The van der Waals surface area contributed by atoms with E-state index in [2.05, 4.69) is 5.32 Å². The van der Waals surface area contributed by atoms with Crippen molar-refractivity contribution in [3.63, 3.8) is 0 Å². The lowest BCUT2D eigenvalue weighted by Crippen LogP contribution is -2.17. The number of hydrogen-bond donors (Lipinski definition) is 3. The Morgan fingerprint density at radius 1 is 1.33 bits per heavy atom. The van der Waals surface area contributed by atoms with Crippen LogP contribution in [0.4, 0.5) is 5.69 Å². The molecule has 0 atom stereocenters. The molecule has 15 heavy (non-hydrogen) atoms. The second-order valence-corrected chi connectivity index (χ2v) is 4.07. The van der Waals surface area contributed by atoms with Crippen molar-refractivity contribution in [3.05, 3.63) is 24.3 Å². The molecule has 7 heteroatoms. The highest BCUT2D eigenvalue weighted by molar-refractivity contribution is 7.86. The molecule has 0 heterocycles. The molecule has 0 aliphatic heterocycles. The normalized spacial score (nSPS) is 11.1. The van der Waals surface area contributed by atoms with Gasteiger partial charge in [0.05, 0.1) is 5.69 Å². The van der Waals surface area contributed by atoms with Crippen LogP contribution < -0.4 is 5.32 Å². The van der Waals surface area contributed by atoms with E-state index >= 15 is 0 Å². The monoisotopic (exact) mass is 231 g/mol. The van der Waals surface area contributed by atoms with Gasteiger partial charge in [-0.3, -0.25) is 9.35 Å². The number of nitrogens with one attached hydrogen (secondary N) is 1. The van der Waals surface area contributed by atoms with E-state index in [9.17, 15) is 13.2 Å². The number of para-hydroxylation sites is 1. The zero-order valence-corrected chi connectivity index (χ0v) is 8.36. The molecule has 0 fully saturated rings. The van der Waals surface area contributed by atoms with E-state index in [1.807, 2.05) is 0 Å². The fourth-order valence-electron chi connectivity index (χ4n) is 0.985. The van der Waals surface area contributed by atoms with Gasteiger partial charge in [-0.2, -0.15) is 8.42 Å². The summed E-state index contributed by atoms with van der Waals surface area (Å²) in [7, 11) is -4.38. The first kappa shape index (κ1) is 11.6. The van der Waals surface area contributed by atoms with Crippen LogP contribution in [0, 0.1) is 0 Å². The molecule has 0 saturated heterocycles. The summed E-state index contributed by atoms with van der Waals surface area (Å²) in [6.45, 7) is -0.764. The van der Waals surface area contributed by atoms with Gasteiger partial charge in [-0.05, 0) is 12.1 Å². The standard InChI is InChI=1S/C8H9NO5S/c10-5-8(11)9-6-3-1-2-4-7(6)15(12,13)14/h1-4,10H,5H2,(H,9,11)(H,12,13,14). The van der Waals surface area contributed by atoms with E-state index in [0.29, 0.717) is 0 Å². The van der Waals surface area contributed by atoms with Gasteiger partial charge in [0.1, 0.15) is 11.5 Å². The molecule has 0 aliphatic carbocycles. The second kappa shape index (κ2) is 4.39. The molecule has 0 bridgehead atoms. The minimum atomic E-state index is -4.38. The number of aliphatic hydroxyl groups excluding tert-OH is 1. The van der Waals surface area contributed by atoms with E-state index in [1.165, 1.54) is 18.2 Å². The second-order valence-electron chi connectivity index (χ2n) is 2.68. The molecule has 0 unspecified atom stereocenters. The Morgan fingerprint density at radius 2 is 1.93 bits per heavy atom. The molecular formula is C8H9NO5S. The average molecular weight is 231 g/mol. The van der Waals surface area contributed by atoms with Crippen LogP contribution in [-0.2, 0) is 14.9 Å². The SMILES string of the molecule is O=C(CO)Nc1ccccc1S(=O)(=O)O. The van der Waals surface area contributed by atoms with E-state index < -0.39 is 27.5 Å². The summed E-state index contributed by atoms with van der Waals surface area (Å²) in [4.78, 5) is 10.4. The largest absolute Gasteiger partial charge is 0.387 e. The Labute approximate surface area is 86.3 Å². The predicted molar refractivity (Wildman–Crippen MR) is 52.0 cm³/mol. The molecule has 0 aromatic heterocycles. The molecule has 1 amide bonds. The summed E-state index contributed by atoms with van der Waals surface area (Å²) in [5.74, 6) is -0.758. The van der Waals surface area contributed by atoms with Gasteiger partial charge >= 0.3 is 0 Å². The van der Waals surface area contributed by atoms with Gasteiger partial charge in [-0.1, -0.05) is 12.1 Å². The van der Waals surface area contributed by atoms with Crippen LogP contribution in [0.2, 0.25) is 0 Å². The smallest absolute Gasteiger partial charge is 0.296 e. The molecule has 82 valence electrons. The van der Waals surface area contributed by atoms with Crippen molar-refractivity contribution < 1.29 is 22.9 Å². The molecule has 0 radical (unpaired) electrons. The summed E-state index contributed by atoms with van der Waals surface area (Å²) in [6.07, 6.45) is 0. The highest BCUT2D eigenvalue weighted by Crippen LogP contribution is 2.19. The first-order valence-corrected chi connectivity index (χ1v) is 5.36. The first-order valence-electron chi connectivity index (χ1n) is 3.92. The average Bonchev–Trinajstić information content (AvgIpc) is 2.17. The lowest BCUT2D eigenvalue weighted by Gasteiger charge is -2.07. The first-order chi connectivity index (χ1) is 6.95. The Balaban J connectivity index is 3.13. The molecule has 0 aliphatic rings. The van der Waals surface area contributed by atoms with E-state index in [-0.39, 0.29) is 5.69 Å². The van der Waals surface area contributed by atoms with Crippen molar-refractivity contribution >= 4 is 21.7 Å². The van der Waals surface area contributed by atoms with Crippen molar-refractivity contribution in [1.29, 1.82) is 0 Å². The molecule has 0 saturated carbocycles. The van der Waals surface area contributed by atoms with Crippen LogP contribution >= 0.6 is 0 Å². The maximum absolute atomic E-state index is 10.9. The number of carbonyl (C=O) groups is 1. The maximum atomic E-state index is 10.9. The van der Waals surface area contributed by atoms with Crippen LogP contribution in [0.3, 0.4) is 0 Å². The Hall–Kier alpha value is -1.44. The molecule has 1 aromatic rings. The Morgan fingerprint density at radius 3 is 2.47 bits per heavy atom. The zero-order valence-electron chi connectivity index (χ0n) is 7.54. The van der Waals surface area contributed by atoms with Crippen molar-refractivity contribution in [2.75, 3.05) is 11.9 Å². The number of hydrogen-bond acceptors (Lipinski definition) is 4. The van der Waals surface area contributed by atoms with E-state index in [0.717, 1.165) is 6.07 Å². The van der Waals surface area contributed by atoms with Crippen LogP contribution in [0.25, 0.3) is 0 Å². The lowest BCUT2D eigenvalue weighted by atomic mass is 10.3. The Bertz CT molecular complexity index is 468. The molecular weight excluding hydrogens is 222 g/mol. The summed E-state index contributed by atoms with van der Waals surface area (Å²) in [5, 5.41) is 10.6. The zero-order chi connectivity index (χ0) is 11.5. The van der Waals surface area contributed by atoms with Gasteiger partial charge in [0.2, 0.25) is 5.91 Å². The number of aliphatic hydroxyl groups is 1. The third-order valence-corrected chi connectivity index (χ3v) is 2.49. The number of amides is 1. The third-order valence-electron chi connectivity index (χ3n) is 1.58. The van der Waals surface area contributed by atoms with Crippen LogP contribution in [0.5, 0.6) is 0 Å². The third kappa shape index (κ3) is 3.01. The topological polar surface area (TPSA) is 104 Å². The molecule has 3 N–H and O–H groups in total. The van der Waals surface area contributed by atoms with Crippen molar-refractivity contribution in [2.24, 2.45) is 0 Å². The minimum Gasteiger partial charge on any atom is -0.387 e. The van der Waals surface area contributed by atoms with E-state index in [4.69, 9.17) is 9.66 Å². The number of anilines is 1. The predicted octanol–water partition coefficient (Wildman–Crippen LogP) is -0.136. The fraction of sp³-hybridized carbons (Fsp3) is 0.125. The van der Waals surface area contributed by atoms with Crippen molar-refractivity contribution in [2.45, 2.75) is 4.90 Å². The fourth-order valence-corrected chi connectivity index (χ4v) is 1.63. The summed E-state index contributed by atoms with van der Waals surface area (Å²) in [5.41, 5.74) is -0.0703. The highest BCUT2D eigenvalue weighted by atomic mass is 32.2. The molecule has 0 spiro atoms. The van der Waals surface area contributed by atoms with E-state index in [1.54, 1.807) is 0 Å². The number of carbonyl (C=O) groups excluding carboxylic acids is 1. The lowest BCUT2D eigenvalue weighted by molar-refractivity contribution is -0.118. The summed E-state index contributed by atoms with van der Waals surface area (Å²) >= 11 is 0. The van der Waals surface area contributed by atoms with Crippen LogP contribution in [-0.4, -0.2) is 30.6 Å². The van der Waals surface area contributed by atoms with Gasteiger partial charge in [-0.25, -0.2) is 0 Å². The van der Waals surface area contributed by atoms with Gasteiger partial charge < -0.3 is 10.4 Å². The van der Waals surface area contributed by atoms with Gasteiger partial charge in [0.15, 0.2) is 0 Å². The van der Waals surface area contributed by atoms with Gasteiger partial charge in [-0.15, -0.1) is 0 Å². The molecule has 6 nitrogen and oxygen atoms in total. The quantitative estimate of drug-likeness (QED) is 0.628.